The van der Waals surface area contributed by atoms with Gasteiger partial charge in [0.05, 0.1) is 12.7 Å². The van der Waals surface area contributed by atoms with Crippen LogP contribution in [0.15, 0.2) is 18.2 Å². The number of benzene rings is 1. The summed E-state index contributed by atoms with van der Waals surface area (Å²) in [5.41, 5.74) is 2.04. The number of halogens is 1. The van der Waals surface area contributed by atoms with E-state index in [1.165, 1.54) is 6.07 Å². The van der Waals surface area contributed by atoms with E-state index in [4.69, 9.17) is 4.74 Å². The van der Waals surface area contributed by atoms with Crippen LogP contribution in [-0.4, -0.2) is 32.8 Å². The molecule has 1 N–H and O–H groups in total. The molecule has 0 saturated heterocycles. The number of ether oxygens (including phenoxy) is 1. The Morgan fingerprint density at radius 3 is 2.57 bits per heavy atom. The van der Waals surface area contributed by atoms with Gasteiger partial charge >= 0.3 is 0 Å². The summed E-state index contributed by atoms with van der Waals surface area (Å²) in [6.45, 7) is 11.4. The molecule has 0 atom stereocenters. The van der Waals surface area contributed by atoms with Crippen LogP contribution in [0.3, 0.4) is 0 Å². The summed E-state index contributed by atoms with van der Waals surface area (Å²) in [6, 6.07) is 4.97. The molecule has 0 heterocycles. The number of hydrogen-bond acceptors (Lipinski definition) is 3. The van der Waals surface area contributed by atoms with Crippen LogP contribution in [0.4, 0.5) is 10.1 Å². The number of anilines is 1. The first-order valence-corrected chi connectivity index (χ1v) is 7.72. The van der Waals surface area contributed by atoms with E-state index in [9.17, 15) is 4.39 Å². The Morgan fingerprint density at radius 2 is 1.95 bits per heavy atom. The van der Waals surface area contributed by atoms with Crippen molar-refractivity contribution in [1.29, 1.82) is 0 Å². The third-order valence-corrected chi connectivity index (χ3v) is 3.20. The molecule has 0 aromatic heterocycles. The molecule has 0 unspecified atom stereocenters. The molecule has 0 saturated carbocycles. The second kappa shape index (κ2) is 9.00. The van der Waals surface area contributed by atoms with Gasteiger partial charge in [-0.3, -0.25) is 0 Å². The smallest absolute Gasteiger partial charge is 0.123 e. The summed E-state index contributed by atoms with van der Waals surface area (Å²) in [4.78, 5) is 2.12. The highest BCUT2D eigenvalue weighted by atomic mass is 19.1. The molecule has 0 aliphatic heterocycles. The number of nitrogens with zero attached hydrogens (tertiary/aromatic N) is 1. The molecule has 3 nitrogen and oxygen atoms in total. The summed E-state index contributed by atoms with van der Waals surface area (Å²) in [5, 5.41) is 3.37. The van der Waals surface area contributed by atoms with Gasteiger partial charge in [-0.05, 0) is 50.1 Å². The Morgan fingerprint density at radius 1 is 1.24 bits per heavy atom. The average Bonchev–Trinajstić information content (AvgIpc) is 2.37. The molecule has 0 fully saturated rings. The Labute approximate surface area is 128 Å². The lowest BCUT2D eigenvalue weighted by Crippen LogP contribution is -2.26. The van der Waals surface area contributed by atoms with E-state index in [0.29, 0.717) is 19.1 Å². The van der Waals surface area contributed by atoms with E-state index in [0.717, 1.165) is 24.3 Å². The van der Waals surface area contributed by atoms with Gasteiger partial charge in [0.15, 0.2) is 0 Å². The van der Waals surface area contributed by atoms with Gasteiger partial charge in [-0.1, -0.05) is 13.8 Å². The van der Waals surface area contributed by atoms with E-state index in [1.54, 1.807) is 6.07 Å². The van der Waals surface area contributed by atoms with Crippen molar-refractivity contribution in [3.63, 3.8) is 0 Å². The summed E-state index contributed by atoms with van der Waals surface area (Å²) in [6.07, 6.45) is 0.235. The quantitative estimate of drug-likeness (QED) is 0.755. The first kappa shape index (κ1) is 17.9. The van der Waals surface area contributed by atoms with Crippen LogP contribution in [0, 0.1) is 11.7 Å². The van der Waals surface area contributed by atoms with E-state index in [1.807, 2.05) is 27.0 Å². The maximum atomic E-state index is 13.5. The van der Waals surface area contributed by atoms with Gasteiger partial charge in [-0.25, -0.2) is 4.39 Å². The largest absolute Gasteiger partial charge is 0.377 e. The lowest BCUT2D eigenvalue weighted by Gasteiger charge is -2.23. The average molecular weight is 296 g/mol. The minimum Gasteiger partial charge on any atom is -0.377 e. The molecule has 0 amide bonds. The molecule has 1 aromatic carbocycles. The van der Waals surface area contributed by atoms with Crippen molar-refractivity contribution in [1.82, 2.24) is 5.32 Å². The van der Waals surface area contributed by atoms with Crippen molar-refractivity contribution in [3.05, 3.63) is 29.6 Å². The fourth-order valence-electron chi connectivity index (χ4n) is 2.11. The number of hydrogen-bond donors (Lipinski definition) is 1. The lowest BCUT2D eigenvalue weighted by atomic mass is 10.1. The number of likely N-dealkylation sites (N-methyl/N-ethyl adjacent to an activating group) is 1. The molecular weight excluding hydrogens is 267 g/mol. The first-order valence-electron chi connectivity index (χ1n) is 7.72. The van der Waals surface area contributed by atoms with Crippen molar-refractivity contribution < 1.29 is 9.13 Å². The molecule has 1 aromatic rings. The maximum Gasteiger partial charge on any atom is 0.123 e. The fraction of sp³-hybridized carbons (Fsp3) is 0.647. The molecule has 1 rings (SSSR count). The molecule has 0 radical (unpaired) electrons. The second-order valence-corrected chi connectivity index (χ2v) is 6.14. The zero-order chi connectivity index (χ0) is 15.8. The van der Waals surface area contributed by atoms with E-state index in [2.05, 4.69) is 24.1 Å². The zero-order valence-electron chi connectivity index (χ0n) is 13.9. The normalized spacial score (nSPS) is 11.4. The minimum absolute atomic E-state index is 0.188. The molecule has 0 spiro atoms. The lowest BCUT2D eigenvalue weighted by molar-refractivity contribution is 0.0846. The first-order chi connectivity index (χ1) is 9.90. The highest BCUT2D eigenvalue weighted by Gasteiger charge is 2.09. The Bertz CT molecular complexity index is 421. The van der Waals surface area contributed by atoms with Gasteiger partial charge in [-0.15, -0.1) is 0 Å². The number of rotatable bonds is 9. The van der Waals surface area contributed by atoms with Crippen LogP contribution in [-0.2, 0) is 11.3 Å². The highest BCUT2D eigenvalue weighted by Crippen LogP contribution is 2.20. The van der Waals surface area contributed by atoms with Crippen LogP contribution in [0.1, 0.15) is 33.3 Å². The Hall–Kier alpha value is -1.13. The second-order valence-electron chi connectivity index (χ2n) is 6.14. The predicted molar refractivity (Wildman–Crippen MR) is 87.3 cm³/mol. The molecule has 0 bridgehead atoms. The summed E-state index contributed by atoms with van der Waals surface area (Å²) < 4.78 is 19.1. The standard InChI is InChI=1S/C17H29FN2O/c1-13(2)11-19-12-15-10-16(18)6-7-17(15)20(5)8-9-21-14(3)4/h6-7,10,13-14,19H,8-9,11-12H2,1-5H3. The van der Waals surface area contributed by atoms with E-state index in [-0.39, 0.29) is 11.9 Å². The highest BCUT2D eigenvalue weighted by molar-refractivity contribution is 5.53. The van der Waals surface area contributed by atoms with Gasteiger partial charge in [0.25, 0.3) is 0 Å². The van der Waals surface area contributed by atoms with Gasteiger partial charge in [0, 0.05) is 25.8 Å². The van der Waals surface area contributed by atoms with Gasteiger partial charge < -0.3 is 15.0 Å². The monoisotopic (exact) mass is 296 g/mol. The molecule has 4 heteroatoms. The maximum absolute atomic E-state index is 13.5. The van der Waals surface area contributed by atoms with Crippen molar-refractivity contribution in [2.24, 2.45) is 5.92 Å². The van der Waals surface area contributed by atoms with Crippen LogP contribution >= 0.6 is 0 Å². The topological polar surface area (TPSA) is 24.5 Å². The molecule has 0 aliphatic rings. The predicted octanol–water partition coefficient (Wildman–Crippen LogP) is 3.43. The third-order valence-electron chi connectivity index (χ3n) is 3.20. The van der Waals surface area contributed by atoms with Gasteiger partial charge in [-0.2, -0.15) is 0 Å². The summed E-state index contributed by atoms with van der Waals surface area (Å²) in [7, 11) is 2.02. The fourth-order valence-corrected chi connectivity index (χ4v) is 2.11. The van der Waals surface area contributed by atoms with Crippen molar-refractivity contribution in [2.75, 3.05) is 31.6 Å². The van der Waals surface area contributed by atoms with Gasteiger partial charge in [0.1, 0.15) is 5.82 Å². The minimum atomic E-state index is -0.188. The van der Waals surface area contributed by atoms with Crippen molar-refractivity contribution >= 4 is 5.69 Å². The third kappa shape index (κ3) is 6.91. The van der Waals surface area contributed by atoms with Crippen LogP contribution < -0.4 is 10.2 Å². The molecule has 120 valence electrons. The Balaban J connectivity index is 2.66. The van der Waals surface area contributed by atoms with E-state index < -0.39 is 0 Å². The molecular formula is C17H29FN2O. The van der Waals surface area contributed by atoms with Crippen LogP contribution in [0.25, 0.3) is 0 Å². The van der Waals surface area contributed by atoms with E-state index >= 15 is 0 Å². The van der Waals surface area contributed by atoms with Crippen molar-refractivity contribution in [2.45, 2.75) is 40.3 Å². The molecule has 0 aliphatic carbocycles. The van der Waals surface area contributed by atoms with Crippen LogP contribution in [0.5, 0.6) is 0 Å². The molecule has 21 heavy (non-hydrogen) atoms. The summed E-state index contributed by atoms with van der Waals surface area (Å²) in [5.74, 6) is 0.395. The van der Waals surface area contributed by atoms with Crippen LogP contribution in [0.2, 0.25) is 0 Å². The Kier molecular flexibility index (Phi) is 7.68. The SMILES string of the molecule is CC(C)CNCc1cc(F)ccc1N(C)CCOC(C)C. The zero-order valence-corrected chi connectivity index (χ0v) is 13.9. The van der Waals surface area contributed by atoms with Crippen molar-refractivity contribution in [3.8, 4) is 0 Å². The number of nitrogens with one attached hydrogen (secondary N) is 1. The summed E-state index contributed by atoms with van der Waals surface area (Å²) >= 11 is 0. The van der Waals surface area contributed by atoms with Gasteiger partial charge in [0.2, 0.25) is 0 Å².